The molecular weight excluding hydrogens is 140 g/mol. The normalized spacial score (nSPS) is 38.4. The van der Waals surface area contributed by atoms with Gasteiger partial charge in [-0.25, -0.2) is 0 Å². The minimum absolute atomic E-state index is 0.407. The first-order valence-corrected chi connectivity index (χ1v) is 4.22. The van der Waals surface area contributed by atoms with Crippen LogP contribution in [0.15, 0.2) is 12.2 Å². The Morgan fingerprint density at radius 2 is 2.36 bits per heavy atom. The van der Waals surface area contributed by atoms with Gasteiger partial charge in [0.05, 0.1) is 12.7 Å². The molecule has 0 aromatic rings. The standard InChI is InChI=1S/C9H14O2/c1-7-2-3-8-5-10-6-11-9(8)4-7/h8-9H,1-6H2. The Labute approximate surface area is 67.2 Å². The molecule has 2 nitrogen and oxygen atoms in total. The van der Waals surface area contributed by atoms with Gasteiger partial charge in [-0.15, -0.1) is 0 Å². The molecule has 2 aliphatic rings. The fraction of sp³-hybridized carbons (Fsp3) is 0.778. The van der Waals surface area contributed by atoms with Gasteiger partial charge in [0.15, 0.2) is 0 Å². The highest BCUT2D eigenvalue weighted by atomic mass is 16.7. The van der Waals surface area contributed by atoms with E-state index in [2.05, 4.69) is 6.58 Å². The lowest BCUT2D eigenvalue weighted by Gasteiger charge is -2.35. The van der Waals surface area contributed by atoms with Crippen LogP contribution >= 0.6 is 0 Å². The van der Waals surface area contributed by atoms with Crippen LogP contribution in [-0.2, 0) is 9.47 Å². The molecule has 2 heteroatoms. The van der Waals surface area contributed by atoms with Crippen LogP contribution < -0.4 is 0 Å². The van der Waals surface area contributed by atoms with E-state index in [-0.39, 0.29) is 0 Å². The van der Waals surface area contributed by atoms with Crippen molar-refractivity contribution in [3.63, 3.8) is 0 Å². The molecular formula is C9H14O2. The molecule has 0 bridgehead atoms. The molecule has 0 spiro atoms. The predicted octanol–water partition coefficient (Wildman–Crippen LogP) is 1.72. The summed E-state index contributed by atoms with van der Waals surface area (Å²) in [6.07, 6.45) is 3.82. The zero-order valence-corrected chi connectivity index (χ0v) is 6.71. The second-order valence-corrected chi connectivity index (χ2v) is 3.45. The lowest BCUT2D eigenvalue weighted by molar-refractivity contribution is -0.174. The van der Waals surface area contributed by atoms with Crippen molar-refractivity contribution < 1.29 is 9.47 Å². The van der Waals surface area contributed by atoms with E-state index in [4.69, 9.17) is 9.47 Å². The summed E-state index contributed by atoms with van der Waals surface area (Å²) >= 11 is 0. The smallest absolute Gasteiger partial charge is 0.147 e. The third-order valence-corrected chi connectivity index (χ3v) is 2.58. The zero-order chi connectivity index (χ0) is 7.68. The van der Waals surface area contributed by atoms with E-state index in [0.29, 0.717) is 18.8 Å². The second kappa shape index (κ2) is 2.95. The molecule has 0 N–H and O–H groups in total. The summed E-state index contributed by atoms with van der Waals surface area (Å²) in [6, 6.07) is 0. The number of ether oxygens (including phenoxy) is 2. The summed E-state index contributed by atoms with van der Waals surface area (Å²) in [4.78, 5) is 0. The van der Waals surface area contributed by atoms with Crippen LogP contribution in [-0.4, -0.2) is 19.5 Å². The molecule has 0 radical (unpaired) electrons. The van der Waals surface area contributed by atoms with Crippen molar-refractivity contribution >= 4 is 0 Å². The Morgan fingerprint density at radius 1 is 1.45 bits per heavy atom. The van der Waals surface area contributed by atoms with Gasteiger partial charge >= 0.3 is 0 Å². The predicted molar refractivity (Wildman–Crippen MR) is 42.2 cm³/mol. The van der Waals surface area contributed by atoms with Crippen molar-refractivity contribution in [2.24, 2.45) is 5.92 Å². The minimum atomic E-state index is 0.407. The summed E-state index contributed by atoms with van der Waals surface area (Å²) in [5.74, 6) is 0.634. The van der Waals surface area contributed by atoms with E-state index in [1.54, 1.807) is 0 Å². The minimum Gasteiger partial charge on any atom is -0.355 e. The van der Waals surface area contributed by atoms with Crippen molar-refractivity contribution in [3.05, 3.63) is 12.2 Å². The Bertz CT molecular complexity index is 165. The Balaban J connectivity index is 1.98. The molecule has 1 aliphatic carbocycles. The van der Waals surface area contributed by atoms with E-state index in [1.807, 2.05) is 0 Å². The molecule has 2 rings (SSSR count). The first-order chi connectivity index (χ1) is 5.36. The van der Waals surface area contributed by atoms with Crippen molar-refractivity contribution in [3.8, 4) is 0 Å². The van der Waals surface area contributed by atoms with E-state index in [1.165, 1.54) is 12.0 Å². The van der Waals surface area contributed by atoms with Crippen molar-refractivity contribution in [1.82, 2.24) is 0 Å². The maximum absolute atomic E-state index is 5.47. The van der Waals surface area contributed by atoms with Crippen LogP contribution in [0, 0.1) is 5.92 Å². The Morgan fingerprint density at radius 3 is 3.27 bits per heavy atom. The van der Waals surface area contributed by atoms with E-state index in [0.717, 1.165) is 19.4 Å². The molecule has 1 saturated carbocycles. The topological polar surface area (TPSA) is 18.5 Å². The highest BCUT2D eigenvalue weighted by Gasteiger charge is 2.30. The zero-order valence-electron chi connectivity index (χ0n) is 6.71. The van der Waals surface area contributed by atoms with Gasteiger partial charge in [0.2, 0.25) is 0 Å². The van der Waals surface area contributed by atoms with Crippen LogP contribution in [0.4, 0.5) is 0 Å². The fourth-order valence-corrected chi connectivity index (χ4v) is 1.85. The molecule has 0 aromatic carbocycles. The number of hydrogen-bond donors (Lipinski definition) is 0. The molecule has 0 aromatic heterocycles. The third-order valence-electron chi connectivity index (χ3n) is 2.58. The van der Waals surface area contributed by atoms with E-state index >= 15 is 0 Å². The lowest BCUT2D eigenvalue weighted by atomic mass is 9.84. The molecule has 2 unspecified atom stereocenters. The molecule has 1 heterocycles. The summed E-state index contributed by atoms with van der Waals surface area (Å²) < 4.78 is 10.7. The fourth-order valence-electron chi connectivity index (χ4n) is 1.85. The lowest BCUT2D eigenvalue weighted by Crippen LogP contribution is -2.37. The highest BCUT2D eigenvalue weighted by molar-refractivity contribution is 5.02. The largest absolute Gasteiger partial charge is 0.355 e. The monoisotopic (exact) mass is 154 g/mol. The maximum atomic E-state index is 5.47. The van der Waals surface area contributed by atoms with Crippen LogP contribution in [0.1, 0.15) is 19.3 Å². The highest BCUT2D eigenvalue weighted by Crippen LogP contribution is 2.31. The third kappa shape index (κ3) is 1.47. The summed E-state index contributed by atoms with van der Waals surface area (Å²) in [6.45, 7) is 5.35. The van der Waals surface area contributed by atoms with Gasteiger partial charge in [0.1, 0.15) is 6.79 Å². The summed E-state index contributed by atoms with van der Waals surface area (Å²) in [7, 11) is 0. The first kappa shape index (κ1) is 7.32. The van der Waals surface area contributed by atoms with E-state index in [9.17, 15) is 0 Å². The van der Waals surface area contributed by atoms with Gasteiger partial charge in [-0.3, -0.25) is 0 Å². The van der Waals surface area contributed by atoms with Gasteiger partial charge in [-0.05, 0) is 19.3 Å². The molecule has 2 fully saturated rings. The molecule has 62 valence electrons. The quantitative estimate of drug-likeness (QED) is 0.494. The Kier molecular flexibility index (Phi) is 1.96. The number of rotatable bonds is 0. The van der Waals surface area contributed by atoms with Crippen LogP contribution in [0.25, 0.3) is 0 Å². The van der Waals surface area contributed by atoms with Gasteiger partial charge in [-0.1, -0.05) is 12.2 Å². The van der Waals surface area contributed by atoms with E-state index < -0.39 is 0 Å². The van der Waals surface area contributed by atoms with Crippen molar-refractivity contribution in [2.75, 3.05) is 13.4 Å². The van der Waals surface area contributed by atoms with Gasteiger partial charge in [0.25, 0.3) is 0 Å². The summed E-state index contributed by atoms with van der Waals surface area (Å²) in [5.41, 5.74) is 1.34. The summed E-state index contributed by atoms with van der Waals surface area (Å²) in [5, 5.41) is 0. The van der Waals surface area contributed by atoms with Crippen LogP contribution in [0.5, 0.6) is 0 Å². The van der Waals surface area contributed by atoms with Gasteiger partial charge in [-0.2, -0.15) is 0 Å². The molecule has 1 aliphatic heterocycles. The SMILES string of the molecule is C=C1CCC2COCOC2C1. The average molecular weight is 154 g/mol. The van der Waals surface area contributed by atoms with Crippen LogP contribution in [0.3, 0.4) is 0 Å². The number of hydrogen-bond acceptors (Lipinski definition) is 2. The molecule has 1 saturated heterocycles. The van der Waals surface area contributed by atoms with Gasteiger partial charge < -0.3 is 9.47 Å². The molecule has 11 heavy (non-hydrogen) atoms. The molecule has 0 amide bonds. The first-order valence-electron chi connectivity index (χ1n) is 4.22. The average Bonchev–Trinajstić information content (AvgIpc) is 2.04. The Hall–Kier alpha value is -0.340. The van der Waals surface area contributed by atoms with Crippen molar-refractivity contribution in [1.29, 1.82) is 0 Å². The van der Waals surface area contributed by atoms with Crippen molar-refractivity contribution in [2.45, 2.75) is 25.4 Å². The molecule has 2 atom stereocenters. The number of fused-ring (bicyclic) bond motifs is 1. The second-order valence-electron chi connectivity index (χ2n) is 3.45. The van der Waals surface area contributed by atoms with Gasteiger partial charge in [0, 0.05) is 5.92 Å². The van der Waals surface area contributed by atoms with Crippen LogP contribution in [0.2, 0.25) is 0 Å². The maximum Gasteiger partial charge on any atom is 0.147 e.